The van der Waals surface area contributed by atoms with Crippen molar-refractivity contribution in [3.05, 3.63) is 64.1 Å². The monoisotopic (exact) mass is 403 g/mol. The topological polar surface area (TPSA) is 72.5 Å². The second kappa shape index (κ2) is 9.13. The van der Waals surface area contributed by atoms with Crippen LogP contribution >= 0.6 is 15.9 Å². The zero-order valence-corrected chi connectivity index (χ0v) is 15.3. The summed E-state index contributed by atoms with van der Waals surface area (Å²) < 4.78 is 6.10. The molecule has 0 atom stereocenters. The number of esters is 1. The van der Waals surface area contributed by atoms with Crippen LogP contribution in [0.5, 0.6) is 0 Å². The maximum absolute atomic E-state index is 12.0. The first kappa shape index (κ1) is 18.9. The number of ketones is 1. The second-order valence-electron chi connectivity index (χ2n) is 5.43. The molecular weight excluding hydrogens is 386 g/mol. The molecule has 0 saturated carbocycles. The molecule has 0 aromatic heterocycles. The first-order chi connectivity index (χ1) is 12.0. The molecule has 6 heteroatoms. The van der Waals surface area contributed by atoms with Crippen molar-refractivity contribution in [1.82, 2.24) is 0 Å². The van der Waals surface area contributed by atoms with Crippen LogP contribution in [0.25, 0.3) is 0 Å². The van der Waals surface area contributed by atoms with Gasteiger partial charge in [-0.05, 0) is 36.8 Å². The lowest BCUT2D eigenvalue weighted by Crippen LogP contribution is -2.10. The normalized spacial score (nSPS) is 10.2. The van der Waals surface area contributed by atoms with Gasteiger partial charge >= 0.3 is 5.97 Å². The summed E-state index contributed by atoms with van der Waals surface area (Å²) in [5.41, 5.74) is 1.52. The van der Waals surface area contributed by atoms with Crippen molar-refractivity contribution in [1.29, 1.82) is 0 Å². The number of amides is 1. The van der Waals surface area contributed by atoms with Gasteiger partial charge in [0.1, 0.15) is 0 Å². The molecule has 0 fully saturated rings. The third kappa shape index (κ3) is 6.15. The van der Waals surface area contributed by atoms with E-state index in [9.17, 15) is 14.4 Å². The molecule has 2 rings (SSSR count). The fourth-order valence-electron chi connectivity index (χ4n) is 2.19. The van der Waals surface area contributed by atoms with E-state index in [1.165, 1.54) is 6.92 Å². The minimum absolute atomic E-state index is 0.0104. The molecule has 25 heavy (non-hydrogen) atoms. The SMILES string of the molecule is CC(=O)Nc1cccc(C(=O)OCCCC(=O)c2ccc(Br)cc2)c1. The molecule has 2 aromatic rings. The van der Waals surface area contributed by atoms with E-state index in [1.807, 2.05) is 12.1 Å². The molecule has 0 saturated heterocycles. The number of hydrogen-bond acceptors (Lipinski definition) is 4. The Hall–Kier alpha value is -2.47. The molecule has 0 aliphatic carbocycles. The van der Waals surface area contributed by atoms with E-state index in [1.54, 1.807) is 36.4 Å². The second-order valence-corrected chi connectivity index (χ2v) is 6.35. The summed E-state index contributed by atoms with van der Waals surface area (Å²) in [5, 5.41) is 2.61. The quantitative estimate of drug-likeness (QED) is 0.426. The van der Waals surface area contributed by atoms with E-state index < -0.39 is 5.97 Å². The Labute approximate surface area is 154 Å². The van der Waals surface area contributed by atoms with Crippen molar-refractivity contribution in [3.8, 4) is 0 Å². The van der Waals surface area contributed by atoms with Crippen molar-refractivity contribution in [2.45, 2.75) is 19.8 Å². The number of hydrogen-bond donors (Lipinski definition) is 1. The molecule has 0 aliphatic rings. The molecule has 2 aromatic carbocycles. The van der Waals surface area contributed by atoms with E-state index in [0.717, 1.165) is 4.47 Å². The van der Waals surface area contributed by atoms with Crippen LogP contribution in [0.2, 0.25) is 0 Å². The predicted octanol–water partition coefficient (Wildman–Crippen LogP) is 4.23. The Morgan fingerprint density at radius 1 is 1.04 bits per heavy atom. The highest BCUT2D eigenvalue weighted by Crippen LogP contribution is 2.14. The Balaban J connectivity index is 1.79. The number of rotatable bonds is 7. The number of anilines is 1. The van der Waals surface area contributed by atoms with Gasteiger partial charge in [-0.25, -0.2) is 4.79 Å². The van der Waals surface area contributed by atoms with Gasteiger partial charge in [0.15, 0.2) is 5.78 Å². The average Bonchev–Trinajstić information content (AvgIpc) is 2.58. The number of benzene rings is 2. The third-order valence-corrected chi connectivity index (χ3v) is 3.89. The smallest absolute Gasteiger partial charge is 0.338 e. The highest BCUT2D eigenvalue weighted by Gasteiger charge is 2.10. The van der Waals surface area contributed by atoms with Crippen LogP contribution in [-0.2, 0) is 9.53 Å². The lowest BCUT2D eigenvalue weighted by atomic mass is 10.1. The summed E-state index contributed by atoms with van der Waals surface area (Å²) in [6.45, 7) is 1.55. The Morgan fingerprint density at radius 2 is 1.76 bits per heavy atom. The van der Waals surface area contributed by atoms with E-state index in [-0.39, 0.29) is 18.3 Å². The molecule has 1 N–H and O–H groups in total. The van der Waals surface area contributed by atoms with Gasteiger partial charge in [0.25, 0.3) is 0 Å². The number of carbonyl (C=O) groups excluding carboxylic acids is 3. The zero-order valence-electron chi connectivity index (χ0n) is 13.8. The first-order valence-corrected chi connectivity index (χ1v) is 8.58. The maximum atomic E-state index is 12.0. The predicted molar refractivity (Wildman–Crippen MR) is 98.7 cm³/mol. The van der Waals surface area contributed by atoms with Crippen LogP contribution in [-0.4, -0.2) is 24.3 Å². The molecule has 0 spiro atoms. The van der Waals surface area contributed by atoms with Crippen molar-refractivity contribution < 1.29 is 19.1 Å². The molecule has 0 unspecified atom stereocenters. The molecular formula is C19H18BrNO4. The molecule has 1 amide bonds. The van der Waals surface area contributed by atoms with E-state index in [0.29, 0.717) is 29.7 Å². The molecule has 0 heterocycles. The third-order valence-electron chi connectivity index (χ3n) is 3.37. The van der Waals surface area contributed by atoms with Gasteiger partial charge in [0.2, 0.25) is 5.91 Å². The summed E-state index contributed by atoms with van der Waals surface area (Å²) in [7, 11) is 0. The van der Waals surface area contributed by atoms with Crippen LogP contribution in [0.15, 0.2) is 53.0 Å². The van der Waals surface area contributed by atoms with Crippen molar-refractivity contribution in [2.24, 2.45) is 0 Å². The van der Waals surface area contributed by atoms with Gasteiger partial charge in [0.05, 0.1) is 12.2 Å². The Bertz CT molecular complexity index is 771. The standard InChI is InChI=1S/C19H18BrNO4/c1-13(22)21-17-5-2-4-15(12-17)19(24)25-11-3-6-18(23)14-7-9-16(20)10-8-14/h2,4-5,7-10,12H,3,6,11H2,1H3,(H,21,22). The summed E-state index contributed by atoms with van der Waals surface area (Å²) >= 11 is 3.32. The minimum atomic E-state index is -0.483. The number of ether oxygens (including phenoxy) is 1. The highest BCUT2D eigenvalue weighted by molar-refractivity contribution is 9.10. The lowest BCUT2D eigenvalue weighted by Gasteiger charge is -2.07. The Kier molecular flexibility index (Phi) is 6.89. The van der Waals surface area contributed by atoms with E-state index in [4.69, 9.17) is 4.74 Å². The molecule has 5 nitrogen and oxygen atoms in total. The van der Waals surface area contributed by atoms with Crippen LogP contribution in [0.1, 0.15) is 40.5 Å². The molecule has 0 bridgehead atoms. The highest BCUT2D eigenvalue weighted by atomic mass is 79.9. The summed E-state index contributed by atoms with van der Waals surface area (Å²) in [6, 6.07) is 13.7. The summed E-state index contributed by atoms with van der Waals surface area (Å²) in [5.74, 6) is -0.684. The number of nitrogens with one attached hydrogen (secondary N) is 1. The molecule has 0 radical (unpaired) electrons. The van der Waals surface area contributed by atoms with Gasteiger partial charge < -0.3 is 10.1 Å². The zero-order chi connectivity index (χ0) is 18.2. The van der Waals surface area contributed by atoms with Gasteiger partial charge in [0, 0.05) is 29.1 Å². The van der Waals surface area contributed by atoms with Crippen LogP contribution in [0.4, 0.5) is 5.69 Å². The fraction of sp³-hybridized carbons (Fsp3) is 0.211. The van der Waals surface area contributed by atoms with Gasteiger partial charge in [-0.3, -0.25) is 9.59 Å². The summed E-state index contributed by atoms with van der Waals surface area (Å²) in [4.78, 5) is 35.1. The molecule has 0 aliphatic heterocycles. The first-order valence-electron chi connectivity index (χ1n) is 7.79. The maximum Gasteiger partial charge on any atom is 0.338 e. The number of halogens is 1. The lowest BCUT2D eigenvalue weighted by molar-refractivity contribution is -0.114. The largest absolute Gasteiger partial charge is 0.462 e. The fourth-order valence-corrected chi connectivity index (χ4v) is 2.45. The van der Waals surface area contributed by atoms with Gasteiger partial charge in [-0.15, -0.1) is 0 Å². The van der Waals surface area contributed by atoms with E-state index >= 15 is 0 Å². The van der Waals surface area contributed by atoms with E-state index in [2.05, 4.69) is 21.2 Å². The number of Topliss-reactive ketones (excluding diaryl/α,β-unsaturated/α-hetero) is 1. The minimum Gasteiger partial charge on any atom is -0.462 e. The van der Waals surface area contributed by atoms with Crippen molar-refractivity contribution in [3.63, 3.8) is 0 Å². The van der Waals surface area contributed by atoms with Crippen LogP contribution in [0, 0.1) is 0 Å². The number of carbonyl (C=O) groups is 3. The van der Waals surface area contributed by atoms with Crippen molar-refractivity contribution >= 4 is 39.3 Å². The molecule has 130 valence electrons. The Morgan fingerprint density at radius 3 is 2.44 bits per heavy atom. The van der Waals surface area contributed by atoms with Crippen LogP contribution < -0.4 is 5.32 Å². The van der Waals surface area contributed by atoms with Gasteiger partial charge in [-0.1, -0.05) is 34.1 Å². The average molecular weight is 404 g/mol. The summed E-state index contributed by atoms with van der Waals surface area (Å²) in [6.07, 6.45) is 0.757. The van der Waals surface area contributed by atoms with Crippen molar-refractivity contribution in [2.75, 3.05) is 11.9 Å². The van der Waals surface area contributed by atoms with Gasteiger partial charge in [-0.2, -0.15) is 0 Å². The van der Waals surface area contributed by atoms with Crippen LogP contribution in [0.3, 0.4) is 0 Å².